The van der Waals surface area contributed by atoms with E-state index in [9.17, 15) is 4.79 Å². The first-order chi connectivity index (χ1) is 10.7. The second kappa shape index (κ2) is 6.62. The van der Waals surface area contributed by atoms with Crippen molar-refractivity contribution >= 4 is 5.91 Å². The molecule has 1 aliphatic rings. The third-order valence-corrected chi connectivity index (χ3v) is 3.66. The van der Waals surface area contributed by atoms with Gasteiger partial charge in [-0.15, -0.1) is 0 Å². The fourth-order valence-corrected chi connectivity index (χ4v) is 2.59. The molecule has 0 spiro atoms. The van der Waals surface area contributed by atoms with Crippen molar-refractivity contribution in [3.8, 4) is 0 Å². The first kappa shape index (κ1) is 14.6. The normalized spacial score (nSPS) is 17.4. The lowest BCUT2D eigenvalue weighted by molar-refractivity contribution is 0.0944. The second-order valence-electron chi connectivity index (χ2n) is 5.38. The maximum atomic E-state index is 12.3. The van der Waals surface area contributed by atoms with Crippen molar-refractivity contribution in [2.45, 2.75) is 32.4 Å². The monoisotopic (exact) mass is 297 g/mol. The number of rotatable bonds is 4. The van der Waals surface area contributed by atoms with Gasteiger partial charge in [0.1, 0.15) is 11.5 Å². The van der Waals surface area contributed by atoms with E-state index in [-0.39, 0.29) is 11.9 Å². The smallest absolute Gasteiger partial charge is 0.270 e. The molecule has 6 heteroatoms. The molecule has 3 heterocycles. The highest BCUT2D eigenvalue weighted by atomic mass is 16.1. The van der Waals surface area contributed by atoms with Crippen molar-refractivity contribution in [2.24, 2.45) is 0 Å². The average molecular weight is 297 g/mol. The van der Waals surface area contributed by atoms with Crippen molar-refractivity contribution < 1.29 is 4.79 Å². The van der Waals surface area contributed by atoms with Crippen LogP contribution in [-0.4, -0.2) is 27.4 Å². The number of nitrogens with zero attached hydrogens (tertiary/aromatic N) is 3. The zero-order valence-electron chi connectivity index (χ0n) is 12.5. The van der Waals surface area contributed by atoms with Crippen LogP contribution in [0.3, 0.4) is 0 Å². The molecule has 114 valence electrons. The fourth-order valence-electron chi connectivity index (χ4n) is 2.59. The van der Waals surface area contributed by atoms with Gasteiger partial charge in [-0.3, -0.25) is 9.78 Å². The predicted octanol–water partition coefficient (Wildman–Crippen LogP) is 1.53. The van der Waals surface area contributed by atoms with E-state index in [2.05, 4.69) is 25.6 Å². The first-order valence-electron chi connectivity index (χ1n) is 7.49. The highest BCUT2D eigenvalue weighted by molar-refractivity contribution is 5.92. The zero-order valence-corrected chi connectivity index (χ0v) is 12.5. The summed E-state index contributed by atoms with van der Waals surface area (Å²) in [5.74, 6) is 0.421. The van der Waals surface area contributed by atoms with Crippen LogP contribution in [0.25, 0.3) is 0 Å². The van der Waals surface area contributed by atoms with Gasteiger partial charge < -0.3 is 10.6 Å². The van der Waals surface area contributed by atoms with Crippen molar-refractivity contribution in [1.29, 1.82) is 0 Å². The average Bonchev–Trinajstić information content (AvgIpc) is 3.07. The molecule has 2 N–H and O–H groups in total. The summed E-state index contributed by atoms with van der Waals surface area (Å²) in [5.41, 5.74) is 2.12. The Morgan fingerprint density at radius 1 is 1.41 bits per heavy atom. The molecule has 1 saturated heterocycles. The first-order valence-corrected chi connectivity index (χ1v) is 7.49. The number of hydrogen-bond donors (Lipinski definition) is 2. The highest BCUT2D eigenvalue weighted by Gasteiger charge is 2.20. The Hall–Kier alpha value is -2.34. The molecule has 1 atom stereocenters. The summed E-state index contributed by atoms with van der Waals surface area (Å²) in [6.45, 7) is 3.20. The van der Waals surface area contributed by atoms with Gasteiger partial charge in [0.15, 0.2) is 0 Å². The van der Waals surface area contributed by atoms with Crippen LogP contribution >= 0.6 is 0 Å². The summed E-state index contributed by atoms with van der Waals surface area (Å²) in [6.07, 6.45) is 3.89. The van der Waals surface area contributed by atoms with Gasteiger partial charge >= 0.3 is 0 Å². The summed E-state index contributed by atoms with van der Waals surface area (Å²) in [5, 5.41) is 6.24. The number of carbonyl (C=O) groups is 1. The molecule has 6 nitrogen and oxygen atoms in total. The van der Waals surface area contributed by atoms with Crippen molar-refractivity contribution in [3.63, 3.8) is 0 Å². The number of carbonyl (C=O) groups excluding carboxylic acids is 1. The lowest BCUT2D eigenvalue weighted by Crippen LogP contribution is -2.25. The molecule has 3 rings (SSSR count). The van der Waals surface area contributed by atoms with Crippen LogP contribution in [0.5, 0.6) is 0 Å². The molecule has 1 aliphatic heterocycles. The van der Waals surface area contributed by atoms with Crippen molar-refractivity contribution in [3.05, 3.63) is 53.4 Å². The van der Waals surface area contributed by atoms with Crippen LogP contribution in [0.15, 0.2) is 30.5 Å². The van der Waals surface area contributed by atoms with E-state index >= 15 is 0 Å². The standard InChI is InChI=1S/C16H19N5O/c1-11-20-14(13-6-4-8-18-13)9-15(21-11)16(22)19-10-12-5-2-3-7-17-12/h2-3,5,7,9,13,18H,4,6,8,10H2,1H3,(H,19,22)/t13-/m1/s1. The molecule has 0 saturated carbocycles. The molecule has 0 aliphatic carbocycles. The number of pyridine rings is 1. The minimum atomic E-state index is -0.199. The van der Waals surface area contributed by atoms with Crippen LogP contribution < -0.4 is 10.6 Å². The Balaban J connectivity index is 1.71. The van der Waals surface area contributed by atoms with Crippen LogP contribution in [0, 0.1) is 6.92 Å². The largest absolute Gasteiger partial charge is 0.345 e. The lowest BCUT2D eigenvalue weighted by Gasteiger charge is -2.12. The third-order valence-electron chi connectivity index (χ3n) is 3.66. The SMILES string of the molecule is Cc1nc(C(=O)NCc2ccccn2)cc([C@H]2CCCN2)n1. The van der Waals surface area contributed by atoms with Gasteiger partial charge in [0.25, 0.3) is 5.91 Å². The molecule has 2 aromatic heterocycles. The van der Waals surface area contributed by atoms with E-state index in [0.717, 1.165) is 30.8 Å². The minimum absolute atomic E-state index is 0.199. The third kappa shape index (κ3) is 3.46. The quantitative estimate of drug-likeness (QED) is 0.894. The predicted molar refractivity (Wildman–Crippen MR) is 82.2 cm³/mol. The molecule has 22 heavy (non-hydrogen) atoms. The van der Waals surface area contributed by atoms with Gasteiger partial charge in [0.2, 0.25) is 0 Å². The molecule has 0 aromatic carbocycles. The summed E-state index contributed by atoms with van der Waals surface area (Å²) in [6, 6.07) is 7.63. The Bertz CT molecular complexity index is 653. The van der Waals surface area contributed by atoms with Crippen molar-refractivity contribution in [1.82, 2.24) is 25.6 Å². The number of nitrogens with one attached hydrogen (secondary N) is 2. The zero-order chi connectivity index (χ0) is 15.4. The summed E-state index contributed by atoms with van der Waals surface area (Å²) < 4.78 is 0. The molecule has 2 aromatic rings. The highest BCUT2D eigenvalue weighted by Crippen LogP contribution is 2.21. The van der Waals surface area contributed by atoms with Crippen LogP contribution in [0.4, 0.5) is 0 Å². The molecule has 0 unspecified atom stereocenters. The van der Waals surface area contributed by atoms with Gasteiger partial charge in [0.05, 0.1) is 17.9 Å². The molecule has 0 radical (unpaired) electrons. The fraction of sp³-hybridized carbons (Fsp3) is 0.375. The van der Waals surface area contributed by atoms with Crippen LogP contribution in [-0.2, 0) is 6.54 Å². The van der Waals surface area contributed by atoms with Crippen LogP contribution in [0.2, 0.25) is 0 Å². The topological polar surface area (TPSA) is 79.8 Å². The molecular weight excluding hydrogens is 278 g/mol. The van der Waals surface area contributed by atoms with Gasteiger partial charge in [-0.2, -0.15) is 0 Å². The Kier molecular flexibility index (Phi) is 4.39. The van der Waals surface area contributed by atoms with Gasteiger partial charge in [-0.25, -0.2) is 9.97 Å². The van der Waals surface area contributed by atoms with Gasteiger partial charge in [-0.05, 0) is 44.5 Å². The number of hydrogen-bond acceptors (Lipinski definition) is 5. The van der Waals surface area contributed by atoms with Gasteiger partial charge in [-0.1, -0.05) is 6.07 Å². The number of aromatic nitrogens is 3. The molecule has 1 amide bonds. The van der Waals surface area contributed by atoms with Crippen LogP contribution in [0.1, 0.15) is 46.6 Å². The van der Waals surface area contributed by atoms with E-state index in [1.165, 1.54) is 0 Å². The Labute approximate surface area is 129 Å². The summed E-state index contributed by atoms with van der Waals surface area (Å²) in [7, 11) is 0. The second-order valence-corrected chi connectivity index (χ2v) is 5.38. The number of aryl methyl sites for hydroxylation is 1. The van der Waals surface area contributed by atoms with E-state index in [1.54, 1.807) is 12.3 Å². The Morgan fingerprint density at radius 2 is 2.32 bits per heavy atom. The number of amides is 1. The Morgan fingerprint density at radius 3 is 3.05 bits per heavy atom. The molecular formula is C16H19N5O. The molecule has 1 fully saturated rings. The van der Waals surface area contributed by atoms with E-state index in [0.29, 0.717) is 18.1 Å². The van der Waals surface area contributed by atoms with E-state index in [4.69, 9.17) is 0 Å². The summed E-state index contributed by atoms with van der Waals surface area (Å²) in [4.78, 5) is 25.2. The maximum absolute atomic E-state index is 12.3. The minimum Gasteiger partial charge on any atom is -0.345 e. The van der Waals surface area contributed by atoms with Crippen molar-refractivity contribution in [2.75, 3.05) is 6.54 Å². The molecule has 0 bridgehead atoms. The lowest BCUT2D eigenvalue weighted by atomic mass is 10.1. The summed E-state index contributed by atoms with van der Waals surface area (Å²) >= 11 is 0. The van der Waals surface area contributed by atoms with Gasteiger partial charge in [0, 0.05) is 12.2 Å². The van der Waals surface area contributed by atoms with E-state index < -0.39 is 0 Å². The van der Waals surface area contributed by atoms with E-state index in [1.807, 2.05) is 25.1 Å². The maximum Gasteiger partial charge on any atom is 0.270 e.